The van der Waals surface area contributed by atoms with Crippen molar-refractivity contribution < 1.29 is 9.90 Å². The summed E-state index contributed by atoms with van der Waals surface area (Å²) in [5.74, 6) is -0.838. The van der Waals surface area contributed by atoms with Gasteiger partial charge in [0, 0.05) is 15.9 Å². The van der Waals surface area contributed by atoms with Crippen LogP contribution in [0.1, 0.15) is 4.88 Å². The van der Waals surface area contributed by atoms with Crippen LogP contribution in [0, 0.1) is 0 Å². The van der Waals surface area contributed by atoms with Crippen LogP contribution in [0.5, 0.6) is 0 Å². The lowest BCUT2D eigenvalue weighted by atomic mass is 10.4. The smallest absolute Gasteiger partial charge is 0.317 e. The first kappa shape index (κ1) is 11.2. The SMILES string of the molecule is O=C(O)CNCc1cc(Br)c(Br)s1. The van der Waals surface area contributed by atoms with Gasteiger partial charge in [0.1, 0.15) is 0 Å². The molecule has 3 nitrogen and oxygen atoms in total. The number of hydrogen-bond acceptors (Lipinski definition) is 3. The fourth-order valence-corrected chi connectivity index (χ4v) is 2.92. The van der Waals surface area contributed by atoms with Crippen molar-refractivity contribution in [1.82, 2.24) is 5.32 Å². The summed E-state index contributed by atoms with van der Waals surface area (Å²) in [4.78, 5) is 11.3. The molecule has 0 aliphatic heterocycles. The van der Waals surface area contributed by atoms with E-state index in [0.29, 0.717) is 6.54 Å². The molecule has 0 saturated heterocycles. The minimum absolute atomic E-state index is 0.00681. The molecule has 13 heavy (non-hydrogen) atoms. The first-order chi connectivity index (χ1) is 6.09. The van der Waals surface area contributed by atoms with Gasteiger partial charge in [-0.15, -0.1) is 11.3 Å². The average molecular weight is 329 g/mol. The van der Waals surface area contributed by atoms with E-state index in [4.69, 9.17) is 5.11 Å². The predicted octanol–water partition coefficient (Wildman–Crippen LogP) is 2.45. The Hall–Kier alpha value is 0.0900. The van der Waals surface area contributed by atoms with Crippen LogP contribution in [0.2, 0.25) is 0 Å². The molecule has 0 bridgehead atoms. The van der Waals surface area contributed by atoms with Crippen LogP contribution < -0.4 is 5.32 Å². The van der Waals surface area contributed by atoms with Crippen molar-refractivity contribution in [3.8, 4) is 0 Å². The first-order valence-corrected chi connectivity index (χ1v) is 5.86. The van der Waals surface area contributed by atoms with Gasteiger partial charge in [0.25, 0.3) is 0 Å². The number of nitrogens with one attached hydrogen (secondary N) is 1. The zero-order valence-electron chi connectivity index (χ0n) is 6.51. The zero-order valence-corrected chi connectivity index (χ0v) is 10.5. The Morgan fingerprint density at radius 3 is 2.77 bits per heavy atom. The average Bonchev–Trinajstić information content (AvgIpc) is 2.30. The molecule has 1 aromatic heterocycles. The summed E-state index contributed by atoms with van der Waals surface area (Å²) in [5, 5.41) is 11.2. The Balaban J connectivity index is 2.41. The second-order valence-electron chi connectivity index (χ2n) is 2.33. The molecule has 1 heterocycles. The van der Waals surface area contributed by atoms with Crippen LogP contribution in [0.25, 0.3) is 0 Å². The van der Waals surface area contributed by atoms with Gasteiger partial charge in [-0.25, -0.2) is 0 Å². The molecule has 6 heteroatoms. The Morgan fingerprint density at radius 1 is 1.62 bits per heavy atom. The first-order valence-electron chi connectivity index (χ1n) is 3.46. The van der Waals surface area contributed by atoms with E-state index in [1.807, 2.05) is 6.07 Å². The molecule has 0 saturated carbocycles. The topological polar surface area (TPSA) is 49.3 Å². The summed E-state index contributed by atoms with van der Waals surface area (Å²) < 4.78 is 2.03. The molecule has 1 rings (SSSR count). The van der Waals surface area contributed by atoms with E-state index in [1.54, 1.807) is 11.3 Å². The quantitative estimate of drug-likeness (QED) is 0.892. The second-order valence-corrected chi connectivity index (χ2v) is 5.64. The molecule has 0 aromatic carbocycles. The van der Waals surface area contributed by atoms with Crippen molar-refractivity contribution in [2.24, 2.45) is 0 Å². The van der Waals surface area contributed by atoms with E-state index in [0.717, 1.165) is 13.1 Å². The maximum Gasteiger partial charge on any atom is 0.317 e. The van der Waals surface area contributed by atoms with Crippen LogP contribution in [-0.2, 0) is 11.3 Å². The number of rotatable bonds is 4. The molecular formula is C7H7Br2NO2S. The number of carbonyl (C=O) groups is 1. The van der Waals surface area contributed by atoms with Crippen LogP contribution in [-0.4, -0.2) is 17.6 Å². The normalized spacial score (nSPS) is 10.3. The summed E-state index contributed by atoms with van der Waals surface area (Å²) in [6.45, 7) is 0.578. The van der Waals surface area contributed by atoms with Crippen LogP contribution in [0.3, 0.4) is 0 Å². The van der Waals surface area contributed by atoms with E-state index < -0.39 is 5.97 Å². The Kier molecular flexibility index (Phi) is 4.37. The monoisotopic (exact) mass is 327 g/mol. The molecule has 0 atom stereocenters. The summed E-state index contributed by atoms with van der Waals surface area (Å²) in [5.41, 5.74) is 0. The molecule has 0 spiro atoms. The lowest BCUT2D eigenvalue weighted by Gasteiger charge is -1.96. The number of halogens is 2. The largest absolute Gasteiger partial charge is 0.480 e. The second kappa shape index (κ2) is 5.09. The molecule has 0 fully saturated rings. The van der Waals surface area contributed by atoms with Crippen LogP contribution >= 0.6 is 43.2 Å². The third-order valence-electron chi connectivity index (χ3n) is 1.27. The fourth-order valence-electron chi connectivity index (χ4n) is 0.771. The summed E-state index contributed by atoms with van der Waals surface area (Å²) in [6.07, 6.45) is 0. The van der Waals surface area contributed by atoms with Crippen LogP contribution in [0.15, 0.2) is 14.3 Å². The molecule has 1 aromatic rings. The summed E-state index contributed by atoms with van der Waals surface area (Å²) in [7, 11) is 0. The van der Waals surface area contributed by atoms with Crippen molar-refractivity contribution in [3.05, 3.63) is 19.2 Å². The number of hydrogen-bond donors (Lipinski definition) is 2. The van der Waals surface area contributed by atoms with Gasteiger partial charge >= 0.3 is 5.97 Å². The molecule has 72 valence electrons. The third-order valence-corrected chi connectivity index (χ3v) is 4.53. The van der Waals surface area contributed by atoms with Crippen LogP contribution in [0.4, 0.5) is 0 Å². The Labute approximate surface area is 96.4 Å². The van der Waals surface area contributed by atoms with Gasteiger partial charge in [-0.05, 0) is 37.9 Å². The third kappa shape index (κ3) is 3.76. The maximum atomic E-state index is 10.2. The van der Waals surface area contributed by atoms with E-state index in [1.165, 1.54) is 0 Å². The zero-order chi connectivity index (χ0) is 9.84. The van der Waals surface area contributed by atoms with E-state index in [2.05, 4.69) is 37.2 Å². The Morgan fingerprint density at radius 2 is 2.31 bits per heavy atom. The lowest BCUT2D eigenvalue weighted by Crippen LogP contribution is -2.21. The highest BCUT2D eigenvalue weighted by Crippen LogP contribution is 2.32. The van der Waals surface area contributed by atoms with Crippen molar-refractivity contribution in [2.75, 3.05) is 6.54 Å². The number of carboxylic acids is 1. The molecule has 0 aliphatic rings. The van der Waals surface area contributed by atoms with Crippen molar-refractivity contribution >= 4 is 49.2 Å². The molecule has 0 radical (unpaired) electrons. The minimum Gasteiger partial charge on any atom is -0.480 e. The van der Waals surface area contributed by atoms with Gasteiger partial charge in [0.05, 0.1) is 10.3 Å². The van der Waals surface area contributed by atoms with Crippen molar-refractivity contribution in [3.63, 3.8) is 0 Å². The van der Waals surface area contributed by atoms with E-state index in [9.17, 15) is 4.79 Å². The Bertz CT molecular complexity index is 294. The minimum atomic E-state index is -0.838. The van der Waals surface area contributed by atoms with E-state index >= 15 is 0 Å². The van der Waals surface area contributed by atoms with Gasteiger partial charge < -0.3 is 10.4 Å². The van der Waals surface area contributed by atoms with Gasteiger partial charge in [-0.1, -0.05) is 0 Å². The number of carboxylic acid groups (broad SMARTS) is 1. The fraction of sp³-hybridized carbons (Fsp3) is 0.286. The molecule has 0 aliphatic carbocycles. The van der Waals surface area contributed by atoms with Crippen molar-refractivity contribution in [2.45, 2.75) is 6.54 Å². The molecule has 0 amide bonds. The summed E-state index contributed by atoms with van der Waals surface area (Å²) >= 11 is 8.30. The predicted molar refractivity (Wildman–Crippen MR) is 59.1 cm³/mol. The highest BCUT2D eigenvalue weighted by atomic mass is 79.9. The highest BCUT2D eigenvalue weighted by molar-refractivity contribution is 9.13. The van der Waals surface area contributed by atoms with Crippen molar-refractivity contribution in [1.29, 1.82) is 0 Å². The molecule has 2 N–H and O–H groups in total. The molecular weight excluding hydrogens is 322 g/mol. The summed E-state index contributed by atoms with van der Waals surface area (Å²) in [6, 6.07) is 1.96. The number of aliphatic carboxylic acids is 1. The highest BCUT2D eigenvalue weighted by Gasteiger charge is 2.04. The van der Waals surface area contributed by atoms with Gasteiger partial charge in [0.2, 0.25) is 0 Å². The van der Waals surface area contributed by atoms with E-state index in [-0.39, 0.29) is 6.54 Å². The van der Waals surface area contributed by atoms with Gasteiger partial charge in [-0.3, -0.25) is 4.79 Å². The molecule has 0 unspecified atom stereocenters. The maximum absolute atomic E-state index is 10.2. The standard InChI is InChI=1S/C7H7Br2NO2S/c8-5-1-4(13-7(5)9)2-10-3-6(11)12/h1,10H,2-3H2,(H,11,12). The van der Waals surface area contributed by atoms with Gasteiger partial charge in [0.15, 0.2) is 0 Å². The lowest BCUT2D eigenvalue weighted by molar-refractivity contribution is -0.135. The number of thiophene rings is 1. The van der Waals surface area contributed by atoms with Gasteiger partial charge in [-0.2, -0.15) is 0 Å².